The maximum absolute atomic E-state index is 6.41. The van der Waals surface area contributed by atoms with Gasteiger partial charge in [-0.2, -0.15) is 0 Å². The molecule has 6 heteroatoms. The number of benzene rings is 4. The Balaban J connectivity index is 1.05. The second-order valence-electron chi connectivity index (χ2n) is 9.66. The van der Waals surface area contributed by atoms with Gasteiger partial charge in [-0.15, -0.1) is 11.3 Å². The number of hydrogen-bond donors (Lipinski definition) is 1. The van der Waals surface area contributed by atoms with Gasteiger partial charge in [0.15, 0.2) is 15.8 Å². The van der Waals surface area contributed by atoms with Crippen molar-refractivity contribution in [3.05, 3.63) is 95.6 Å². The Kier molecular flexibility index (Phi) is 6.25. The number of thioether (sulfide) groups is 1. The van der Waals surface area contributed by atoms with Crippen molar-refractivity contribution in [1.29, 1.82) is 0 Å². The molecule has 0 amide bonds. The predicted molar refractivity (Wildman–Crippen MR) is 153 cm³/mol. The summed E-state index contributed by atoms with van der Waals surface area (Å²) in [5, 5.41) is 6.30. The molecule has 7 rings (SSSR count). The van der Waals surface area contributed by atoms with E-state index in [1.165, 1.54) is 45.0 Å². The van der Waals surface area contributed by atoms with Crippen LogP contribution in [0.15, 0.2) is 83.2 Å². The fraction of sp³-hybridized carbons (Fsp3) is 0.258. The maximum Gasteiger partial charge on any atom is 0.161 e. The van der Waals surface area contributed by atoms with Crippen molar-refractivity contribution in [3.63, 3.8) is 0 Å². The van der Waals surface area contributed by atoms with Crippen LogP contribution in [0.4, 0.5) is 0 Å². The molecule has 2 bridgehead atoms. The normalized spacial score (nSPS) is 17.9. The molecule has 2 aliphatic heterocycles. The van der Waals surface area contributed by atoms with Gasteiger partial charge in [-0.05, 0) is 64.6 Å². The van der Waals surface area contributed by atoms with Gasteiger partial charge < -0.3 is 14.8 Å². The molecule has 1 aromatic heterocycles. The minimum atomic E-state index is 0.448. The molecular weight excluding hydrogens is 496 g/mol. The summed E-state index contributed by atoms with van der Waals surface area (Å²) in [6, 6.07) is 28.7. The summed E-state index contributed by atoms with van der Waals surface area (Å²) >= 11 is 3.50. The fourth-order valence-corrected chi connectivity index (χ4v) is 7.59. The van der Waals surface area contributed by atoms with Gasteiger partial charge >= 0.3 is 0 Å². The molecule has 4 aromatic carbocycles. The molecule has 186 valence electrons. The van der Waals surface area contributed by atoms with Gasteiger partial charge in [0.1, 0.15) is 0 Å². The topological polar surface area (TPSA) is 43.4 Å². The molecule has 2 atom stereocenters. The highest BCUT2D eigenvalue weighted by Gasteiger charge is 2.37. The summed E-state index contributed by atoms with van der Waals surface area (Å²) < 4.78 is 15.1. The zero-order valence-corrected chi connectivity index (χ0v) is 22.1. The van der Waals surface area contributed by atoms with E-state index in [-0.39, 0.29) is 0 Å². The van der Waals surface area contributed by atoms with Gasteiger partial charge in [0.25, 0.3) is 0 Å². The zero-order valence-electron chi connectivity index (χ0n) is 20.5. The Morgan fingerprint density at radius 1 is 0.838 bits per heavy atom. The van der Waals surface area contributed by atoms with Crippen molar-refractivity contribution in [2.45, 2.75) is 35.7 Å². The van der Waals surface area contributed by atoms with E-state index in [4.69, 9.17) is 14.5 Å². The minimum absolute atomic E-state index is 0.448. The van der Waals surface area contributed by atoms with Crippen molar-refractivity contribution >= 4 is 44.1 Å². The Hall–Kier alpha value is -3.06. The van der Waals surface area contributed by atoms with Crippen LogP contribution in [0.3, 0.4) is 0 Å². The number of ether oxygens (including phenoxy) is 2. The van der Waals surface area contributed by atoms with Gasteiger partial charge in [0.05, 0.1) is 23.4 Å². The molecule has 0 radical (unpaired) electrons. The van der Waals surface area contributed by atoms with E-state index in [9.17, 15) is 0 Å². The second-order valence-corrected chi connectivity index (χ2v) is 12.0. The lowest BCUT2D eigenvalue weighted by atomic mass is 9.91. The molecule has 5 aromatic rings. The first kappa shape index (κ1) is 23.1. The van der Waals surface area contributed by atoms with Crippen molar-refractivity contribution in [2.24, 2.45) is 0 Å². The van der Waals surface area contributed by atoms with Crippen LogP contribution in [0.5, 0.6) is 11.5 Å². The summed E-state index contributed by atoms with van der Waals surface area (Å²) in [6.07, 6.45) is 3.26. The Labute approximate surface area is 225 Å². The first-order chi connectivity index (χ1) is 18.3. The van der Waals surface area contributed by atoms with Crippen LogP contribution < -0.4 is 14.8 Å². The van der Waals surface area contributed by atoms with Crippen LogP contribution in [-0.4, -0.2) is 24.0 Å². The number of para-hydroxylation sites is 1. The average Bonchev–Trinajstić information content (AvgIpc) is 3.66. The van der Waals surface area contributed by atoms with Gasteiger partial charge in [0.2, 0.25) is 0 Å². The summed E-state index contributed by atoms with van der Waals surface area (Å²) in [6.45, 7) is 1.23. The molecule has 4 nitrogen and oxygen atoms in total. The predicted octanol–water partition coefficient (Wildman–Crippen LogP) is 7.72. The van der Waals surface area contributed by atoms with E-state index in [0.29, 0.717) is 25.3 Å². The quantitative estimate of drug-likeness (QED) is 0.158. The van der Waals surface area contributed by atoms with Crippen LogP contribution in [0, 0.1) is 0 Å². The van der Waals surface area contributed by atoms with E-state index < -0.39 is 0 Å². The molecule has 1 N–H and O–H groups in total. The molecule has 0 saturated carbocycles. The minimum Gasteiger partial charge on any atom is -0.489 e. The Bertz CT molecular complexity index is 1540. The van der Waals surface area contributed by atoms with Gasteiger partial charge in [-0.3, -0.25) is 0 Å². The van der Waals surface area contributed by atoms with E-state index in [0.717, 1.165) is 33.5 Å². The molecule has 1 fully saturated rings. The summed E-state index contributed by atoms with van der Waals surface area (Å²) in [4.78, 5) is 4.73. The van der Waals surface area contributed by atoms with Gasteiger partial charge in [-0.25, -0.2) is 4.98 Å². The molecule has 3 heterocycles. The molecule has 0 aliphatic carbocycles. The van der Waals surface area contributed by atoms with Crippen molar-refractivity contribution in [2.75, 3.05) is 19.0 Å². The lowest BCUT2D eigenvalue weighted by molar-refractivity contribution is 0.280. The number of nitrogens with one attached hydrogen (secondary N) is 1. The highest BCUT2D eigenvalue weighted by Crippen LogP contribution is 2.48. The zero-order chi connectivity index (χ0) is 24.6. The number of thiazole rings is 1. The lowest BCUT2D eigenvalue weighted by Crippen LogP contribution is -2.08. The number of hydrogen-bond acceptors (Lipinski definition) is 6. The summed E-state index contributed by atoms with van der Waals surface area (Å²) in [5.74, 6) is 2.56. The monoisotopic (exact) mass is 524 g/mol. The van der Waals surface area contributed by atoms with Crippen LogP contribution >= 0.6 is 23.1 Å². The molecule has 37 heavy (non-hydrogen) atoms. The second kappa shape index (κ2) is 10.0. The third kappa shape index (κ3) is 4.58. The number of rotatable bonds is 9. The first-order valence-electron chi connectivity index (χ1n) is 13.0. The van der Waals surface area contributed by atoms with Crippen LogP contribution in [0.25, 0.3) is 21.0 Å². The van der Waals surface area contributed by atoms with Crippen LogP contribution in [0.2, 0.25) is 0 Å². The first-order valence-corrected chi connectivity index (χ1v) is 14.8. The highest BCUT2D eigenvalue weighted by atomic mass is 32.2. The smallest absolute Gasteiger partial charge is 0.161 e. The highest BCUT2D eigenvalue weighted by molar-refractivity contribution is 8.01. The fourth-order valence-electron chi connectivity index (χ4n) is 5.63. The van der Waals surface area contributed by atoms with Crippen LogP contribution in [-0.2, 0) is 6.42 Å². The summed E-state index contributed by atoms with van der Waals surface area (Å²) in [7, 11) is 0. The third-order valence-electron chi connectivity index (χ3n) is 7.40. The Morgan fingerprint density at radius 3 is 2.41 bits per heavy atom. The van der Waals surface area contributed by atoms with E-state index in [2.05, 4.69) is 78.1 Å². The van der Waals surface area contributed by atoms with E-state index in [1.807, 2.05) is 6.07 Å². The van der Waals surface area contributed by atoms with Crippen molar-refractivity contribution in [1.82, 2.24) is 10.3 Å². The third-order valence-corrected chi connectivity index (χ3v) is 9.54. The maximum atomic E-state index is 6.41. The number of nitrogens with zero attached hydrogens (tertiary/aromatic N) is 1. The molecule has 2 aliphatic rings. The largest absolute Gasteiger partial charge is 0.489 e. The molecule has 1 saturated heterocycles. The van der Waals surface area contributed by atoms with Crippen molar-refractivity contribution in [3.8, 4) is 11.5 Å². The van der Waals surface area contributed by atoms with Crippen LogP contribution in [0.1, 0.15) is 41.6 Å². The number of aromatic nitrogens is 1. The number of fused-ring (bicyclic) bond motifs is 7. The molecule has 0 unspecified atom stereocenters. The molecular formula is C31H28N2O2S2. The lowest BCUT2D eigenvalue weighted by Gasteiger charge is -2.19. The van der Waals surface area contributed by atoms with E-state index in [1.54, 1.807) is 23.1 Å². The van der Waals surface area contributed by atoms with Gasteiger partial charge in [0, 0.05) is 24.3 Å². The van der Waals surface area contributed by atoms with Crippen molar-refractivity contribution < 1.29 is 9.47 Å². The molecule has 0 spiro atoms. The van der Waals surface area contributed by atoms with Gasteiger partial charge in [-0.1, -0.05) is 66.4 Å². The standard InChI is InChI=1S/C31H28N2O2S2/c1-2-9-22-20(6-1)7-5-8-21(22)14-15-34-28-18-23-24(26-13-12-25(23)32-26)19-29(28)35-16-17-36-31-33-27-10-3-4-11-30(27)37-31/h1-11,18-19,25-26,32H,12-17H2/t25-,26+/m1/s1. The SMILES string of the molecule is c1ccc2c(CCOc3cc4c(cc3OCCSc3nc5ccccc5s3)[C@@H]3CC[C@H]4N3)cccc2c1. The summed E-state index contributed by atoms with van der Waals surface area (Å²) in [5.41, 5.74) is 5.15. The van der Waals surface area contributed by atoms with E-state index >= 15 is 0 Å². The Morgan fingerprint density at radius 2 is 1.57 bits per heavy atom. The average molecular weight is 525 g/mol.